The summed E-state index contributed by atoms with van der Waals surface area (Å²) in [7, 11) is 0. The molecule has 0 unspecified atom stereocenters. The Balaban J connectivity index is 1.98. The molecule has 3 N–H and O–H groups in total. The van der Waals surface area contributed by atoms with Crippen LogP contribution in [0.5, 0.6) is 0 Å². The number of hydrogen-bond donors (Lipinski definition) is 2. The van der Waals surface area contributed by atoms with Crippen LogP contribution in [0.1, 0.15) is 22.9 Å². The van der Waals surface area contributed by atoms with E-state index in [1.165, 1.54) is 11.3 Å². The van der Waals surface area contributed by atoms with Crippen molar-refractivity contribution in [3.63, 3.8) is 0 Å². The number of thiophene rings is 1. The lowest BCUT2D eigenvalue weighted by Gasteiger charge is -2.35. The van der Waals surface area contributed by atoms with Crippen molar-refractivity contribution in [2.75, 3.05) is 0 Å². The molecule has 0 bridgehead atoms. The number of carboxylic acid groups (broad SMARTS) is 1. The van der Waals surface area contributed by atoms with E-state index in [-0.39, 0.29) is 0 Å². The van der Waals surface area contributed by atoms with Gasteiger partial charge in [-0.15, -0.1) is 11.3 Å². The van der Waals surface area contributed by atoms with E-state index in [1.54, 1.807) is 6.92 Å². The van der Waals surface area contributed by atoms with E-state index >= 15 is 0 Å². The van der Waals surface area contributed by atoms with E-state index in [4.69, 9.17) is 22.1 Å². The fourth-order valence-electron chi connectivity index (χ4n) is 3.70. The smallest absolute Gasteiger partial charge is 0.323 e. The van der Waals surface area contributed by atoms with Crippen LogP contribution in [0.2, 0.25) is 4.34 Å². The zero-order chi connectivity index (χ0) is 19.2. The molecular formula is C21H18ClNO3S. The van der Waals surface area contributed by atoms with E-state index in [1.807, 2.05) is 48.5 Å². The Labute approximate surface area is 166 Å². The molecule has 0 spiro atoms. The van der Waals surface area contributed by atoms with E-state index < -0.39 is 23.7 Å². The second-order valence-corrected chi connectivity index (χ2v) is 8.28. The highest BCUT2D eigenvalue weighted by atomic mass is 35.5. The third-order valence-corrected chi connectivity index (χ3v) is 6.31. The standard InChI is InChI=1S/C21H18ClNO3S/c1-12(19(23)20(24)25)26-21(17-10-11-18(22)27-17)15-8-4-2-6-13(15)14-7-3-5-9-16(14)21/h2-12,19H,23H2,1H3,(H,24,25)/t12-,19+/m1/s1. The Morgan fingerprint density at radius 2 is 1.63 bits per heavy atom. The van der Waals surface area contributed by atoms with Gasteiger partial charge in [0.25, 0.3) is 0 Å². The van der Waals surface area contributed by atoms with Gasteiger partial charge in [0.05, 0.1) is 10.4 Å². The molecule has 1 aliphatic carbocycles. The molecule has 138 valence electrons. The SMILES string of the molecule is C[C@@H](OC1(c2ccc(Cl)s2)c2ccccc2-c2ccccc21)[C@H](N)C(=O)O. The lowest BCUT2D eigenvalue weighted by Crippen LogP contribution is -2.46. The van der Waals surface area contributed by atoms with Crippen LogP contribution in [-0.2, 0) is 15.1 Å². The van der Waals surface area contributed by atoms with Gasteiger partial charge in [-0.25, -0.2) is 0 Å². The van der Waals surface area contributed by atoms with Gasteiger partial charge in [0, 0.05) is 16.0 Å². The highest BCUT2D eigenvalue weighted by Crippen LogP contribution is 2.55. The number of rotatable bonds is 5. The zero-order valence-corrected chi connectivity index (χ0v) is 16.1. The topological polar surface area (TPSA) is 72.5 Å². The predicted octanol–water partition coefficient (Wildman–Crippen LogP) is 4.49. The van der Waals surface area contributed by atoms with Crippen molar-refractivity contribution in [1.29, 1.82) is 0 Å². The van der Waals surface area contributed by atoms with Gasteiger partial charge < -0.3 is 15.6 Å². The van der Waals surface area contributed by atoms with Crippen LogP contribution in [0.15, 0.2) is 60.7 Å². The number of halogens is 1. The summed E-state index contributed by atoms with van der Waals surface area (Å²) in [6.07, 6.45) is -0.720. The number of fused-ring (bicyclic) bond motifs is 3. The van der Waals surface area contributed by atoms with Gasteiger partial charge in [-0.3, -0.25) is 4.79 Å². The summed E-state index contributed by atoms with van der Waals surface area (Å²) in [5.74, 6) is -1.10. The molecule has 6 heteroatoms. The molecule has 1 aliphatic rings. The van der Waals surface area contributed by atoms with Crippen molar-refractivity contribution in [3.05, 3.63) is 81.0 Å². The number of carboxylic acids is 1. The molecule has 1 aromatic heterocycles. The summed E-state index contributed by atoms with van der Waals surface area (Å²) in [6.45, 7) is 1.69. The monoisotopic (exact) mass is 399 g/mol. The molecule has 0 saturated carbocycles. The second kappa shape index (κ2) is 6.77. The fraction of sp³-hybridized carbons (Fsp3) is 0.190. The Morgan fingerprint density at radius 1 is 1.07 bits per heavy atom. The van der Waals surface area contributed by atoms with Crippen LogP contribution < -0.4 is 5.73 Å². The number of carbonyl (C=O) groups is 1. The second-order valence-electron chi connectivity index (χ2n) is 6.56. The first-order valence-corrected chi connectivity index (χ1v) is 9.76. The normalized spacial score (nSPS) is 16.4. The molecule has 2 atom stereocenters. The molecular weight excluding hydrogens is 382 g/mol. The van der Waals surface area contributed by atoms with Gasteiger partial charge in [0.15, 0.2) is 5.60 Å². The third-order valence-electron chi connectivity index (χ3n) is 4.98. The third kappa shape index (κ3) is 2.78. The Kier molecular flexibility index (Phi) is 4.56. The van der Waals surface area contributed by atoms with Crippen LogP contribution in [0.4, 0.5) is 0 Å². The number of ether oxygens (including phenoxy) is 1. The number of benzene rings is 2. The first-order valence-electron chi connectivity index (χ1n) is 8.56. The summed E-state index contributed by atoms with van der Waals surface area (Å²) in [5.41, 5.74) is 8.99. The minimum absolute atomic E-state index is 0.644. The minimum atomic E-state index is -1.14. The number of aliphatic carboxylic acids is 1. The van der Waals surface area contributed by atoms with Crippen molar-refractivity contribution in [1.82, 2.24) is 0 Å². The van der Waals surface area contributed by atoms with Crippen LogP contribution in [0, 0.1) is 0 Å². The predicted molar refractivity (Wildman–Crippen MR) is 107 cm³/mol. The fourth-order valence-corrected chi connectivity index (χ4v) is 4.91. The Hall–Kier alpha value is -2.18. The summed E-state index contributed by atoms with van der Waals surface area (Å²) in [4.78, 5) is 12.3. The summed E-state index contributed by atoms with van der Waals surface area (Å²) in [6, 6.07) is 18.6. The van der Waals surface area contributed by atoms with Crippen molar-refractivity contribution < 1.29 is 14.6 Å². The average Bonchev–Trinajstić information content (AvgIpc) is 3.22. The number of nitrogens with two attached hydrogens (primary N) is 1. The van der Waals surface area contributed by atoms with Gasteiger partial charge >= 0.3 is 5.97 Å². The quantitative estimate of drug-likeness (QED) is 0.663. The van der Waals surface area contributed by atoms with E-state index in [0.717, 1.165) is 27.1 Å². The van der Waals surface area contributed by atoms with Gasteiger partial charge in [0.1, 0.15) is 6.04 Å². The van der Waals surface area contributed by atoms with Crippen molar-refractivity contribution >= 4 is 28.9 Å². The van der Waals surface area contributed by atoms with E-state index in [2.05, 4.69) is 12.1 Å². The molecule has 0 radical (unpaired) electrons. The van der Waals surface area contributed by atoms with Crippen molar-refractivity contribution in [2.24, 2.45) is 5.73 Å². The lowest BCUT2D eigenvalue weighted by atomic mass is 9.89. The maximum Gasteiger partial charge on any atom is 0.323 e. The van der Waals surface area contributed by atoms with E-state index in [9.17, 15) is 9.90 Å². The Bertz CT molecular complexity index is 970. The maximum atomic E-state index is 11.4. The minimum Gasteiger partial charge on any atom is -0.480 e. The summed E-state index contributed by atoms with van der Waals surface area (Å²) in [5, 5.41) is 9.35. The molecule has 27 heavy (non-hydrogen) atoms. The average molecular weight is 400 g/mol. The summed E-state index contributed by atoms with van der Waals surface area (Å²) < 4.78 is 7.16. The van der Waals surface area contributed by atoms with Crippen LogP contribution in [-0.4, -0.2) is 23.2 Å². The lowest BCUT2D eigenvalue weighted by molar-refractivity contribution is -0.144. The van der Waals surface area contributed by atoms with Crippen LogP contribution >= 0.6 is 22.9 Å². The molecule has 1 heterocycles. The molecule has 0 aliphatic heterocycles. The van der Waals surface area contributed by atoms with Gasteiger partial charge in [-0.2, -0.15) is 0 Å². The first-order chi connectivity index (χ1) is 12.9. The Morgan fingerprint density at radius 3 is 2.11 bits per heavy atom. The van der Waals surface area contributed by atoms with E-state index in [0.29, 0.717) is 4.34 Å². The van der Waals surface area contributed by atoms with Gasteiger partial charge in [0.2, 0.25) is 0 Å². The highest BCUT2D eigenvalue weighted by molar-refractivity contribution is 7.16. The molecule has 0 saturated heterocycles. The van der Waals surface area contributed by atoms with Crippen molar-refractivity contribution in [3.8, 4) is 11.1 Å². The molecule has 4 rings (SSSR count). The molecule has 3 aromatic rings. The van der Waals surface area contributed by atoms with Crippen LogP contribution in [0.25, 0.3) is 11.1 Å². The van der Waals surface area contributed by atoms with Crippen molar-refractivity contribution in [2.45, 2.75) is 24.7 Å². The zero-order valence-electron chi connectivity index (χ0n) is 14.6. The molecule has 0 fully saturated rings. The largest absolute Gasteiger partial charge is 0.480 e. The molecule has 2 aromatic carbocycles. The highest BCUT2D eigenvalue weighted by Gasteiger charge is 2.48. The van der Waals surface area contributed by atoms with Gasteiger partial charge in [-0.05, 0) is 30.2 Å². The molecule has 4 nitrogen and oxygen atoms in total. The summed E-state index contributed by atoms with van der Waals surface area (Å²) >= 11 is 7.67. The number of hydrogen-bond acceptors (Lipinski definition) is 4. The first kappa shape index (κ1) is 18.2. The van der Waals surface area contributed by atoms with Gasteiger partial charge in [-0.1, -0.05) is 60.1 Å². The van der Waals surface area contributed by atoms with Crippen LogP contribution in [0.3, 0.4) is 0 Å². The molecule has 0 amide bonds. The maximum absolute atomic E-state index is 11.4.